The summed E-state index contributed by atoms with van der Waals surface area (Å²) in [4.78, 5) is 15.5. The number of carbonyl (C=O) groups is 1. The van der Waals surface area contributed by atoms with Gasteiger partial charge < -0.3 is 4.74 Å². The summed E-state index contributed by atoms with van der Waals surface area (Å²) in [6.45, 7) is 0. The molecule has 0 saturated carbocycles. The molecule has 3 rings (SSSR count). The van der Waals surface area contributed by atoms with Crippen LogP contribution < -0.4 is 4.74 Å². The van der Waals surface area contributed by atoms with Crippen LogP contribution in [0, 0.1) is 3.57 Å². The maximum absolute atomic E-state index is 12.4. The molecule has 0 spiro atoms. The lowest BCUT2D eigenvalue weighted by Crippen LogP contribution is -2.12. The van der Waals surface area contributed by atoms with Crippen LogP contribution in [-0.4, -0.2) is 24.3 Å². The number of ether oxygens (including phenoxy) is 1. The highest BCUT2D eigenvalue weighted by molar-refractivity contribution is 14.1. The van der Waals surface area contributed by atoms with Gasteiger partial charge in [-0.2, -0.15) is 0 Å². The normalized spacial score (nSPS) is 13.0. The summed E-state index contributed by atoms with van der Waals surface area (Å²) >= 11 is 2.24. The minimum Gasteiger partial charge on any atom is -0.481 e. The van der Waals surface area contributed by atoms with Crippen molar-refractivity contribution in [1.29, 1.82) is 0 Å². The molecule has 1 aromatic carbocycles. The van der Waals surface area contributed by atoms with Gasteiger partial charge in [0, 0.05) is 16.2 Å². The number of ketones is 1. The van der Waals surface area contributed by atoms with Gasteiger partial charge in [0.25, 0.3) is 6.43 Å². The minimum absolute atomic E-state index is 0.242. The average Bonchev–Trinajstić information content (AvgIpc) is 2.96. The summed E-state index contributed by atoms with van der Waals surface area (Å²) in [7, 11) is 1.58. The molecule has 0 N–H and O–H groups in total. The maximum Gasteiger partial charge on any atom is 0.296 e. The van der Waals surface area contributed by atoms with Crippen molar-refractivity contribution in [2.45, 2.75) is 19.3 Å². The largest absolute Gasteiger partial charge is 0.481 e. The van der Waals surface area contributed by atoms with Gasteiger partial charge in [0.1, 0.15) is 0 Å². The zero-order valence-corrected chi connectivity index (χ0v) is 15.0. The number of carbonyl (C=O) groups excluding carboxylic acids is 1. The minimum atomic E-state index is -2.92. The second-order valence-electron chi connectivity index (χ2n) is 5.50. The Kier molecular flexibility index (Phi) is 4.93. The van der Waals surface area contributed by atoms with Gasteiger partial charge in [-0.1, -0.05) is 24.3 Å². The van der Waals surface area contributed by atoms with E-state index < -0.39 is 12.2 Å². The molecule has 124 valence electrons. The molecule has 0 atom stereocenters. The predicted molar refractivity (Wildman–Crippen MR) is 96.2 cm³/mol. The van der Waals surface area contributed by atoms with E-state index in [1.165, 1.54) is 0 Å². The number of rotatable bonds is 5. The van der Waals surface area contributed by atoms with Gasteiger partial charge in [0.2, 0.25) is 11.7 Å². The van der Waals surface area contributed by atoms with Crippen LogP contribution in [0.4, 0.5) is 8.78 Å². The zero-order chi connectivity index (χ0) is 17.3. The van der Waals surface area contributed by atoms with Crippen LogP contribution in [0.3, 0.4) is 0 Å². The molecule has 1 heterocycles. The SMILES string of the molecule is COc1nccc(I)c1C1=Cc2ccc(CC(=O)C(F)F)cc2C1. The number of halogens is 3. The molecule has 0 bridgehead atoms. The molecule has 24 heavy (non-hydrogen) atoms. The molecule has 3 nitrogen and oxygen atoms in total. The number of nitrogens with zero attached hydrogens (tertiary/aromatic N) is 1. The molecule has 1 aromatic heterocycles. The van der Waals surface area contributed by atoms with E-state index in [9.17, 15) is 13.6 Å². The molecule has 2 aromatic rings. The van der Waals surface area contributed by atoms with Crippen molar-refractivity contribution >= 4 is 40.0 Å². The summed E-state index contributed by atoms with van der Waals surface area (Å²) < 4.78 is 31.2. The molecule has 1 aliphatic rings. The Bertz CT molecular complexity index is 834. The monoisotopic (exact) mass is 441 g/mol. The lowest BCUT2D eigenvalue weighted by molar-refractivity contribution is -0.128. The second kappa shape index (κ2) is 6.96. The molecule has 1 aliphatic carbocycles. The number of hydrogen-bond donors (Lipinski definition) is 0. The van der Waals surface area contributed by atoms with Crippen LogP contribution in [0.25, 0.3) is 11.6 Å². The number of hydrogen-bond acceptors (Lipinski definition) is 3. The van der Waals surface area contributed by atoms with Crippen LogP contribution in [0.1, 0.15) is 22.3 Å². The fourth-order valence-corrected chi connectivity index (χ4v) is 3.55. The smallest absolute Gasteiger partial charge is 0.296 e. The Balaban J connectivity index is 1.88. The van der Waals surface area contributed by atoms with Crippen molar-refractivity contribution in [3.63, 3.8) is 0 Å². The van der Waals surface area contributed by atoms with Crippen molar-refractivity contribution in [3.8, 4) is 5.88 Å². The quantitative estimate of drug-likeness (QED) is 0.655. The summed E-state index contributed by atoms with van der Waals surface area (Å²) in [5.74, 6) is -0.487. The Labute approximate surface area is 151 Å². The average molecular weight is 441 g/mol. The Hall–Kier alpha value is -1.83. The highest BCUT2D eigenvalue weighted by atomic mass is 127. The van der Waals surface area contributed by atoms with Gasteiger partial charge in [-0.25, -0.2) is 13.8 Å². The molecule has 0 fully saturated rings. The molecule has 0 saturated heterocycles. The standard InChI is InChI=1S/C18H14F2INO2/c1-24-18-16(14(21)4-5-22-18)13-8-11-3-2-10(6-12(11)9-13)7-15(23)17(19)20/h2-6,8,17H,7,9H2,1H3. The number of methoxy groups -OCH3 is 1. The molecule has 0 unspecified atom stereocenters. The number of alkyl halides is 2. The number of aromatic nitrogens is 1. The molecular formula is C18H14F2INO2. The molecule has 0 aliphatic heterocycles. The summed E-state index contributed by atoms with van der Waals surface area (Å²) in [5, 5.41) is 0. The van der Waals surface area contributed by atoms with Crippen molar-refractivity contribution in [2.75, 3.05) is 7.11 Å². The summed E-state index contributed by atoms with van der Waals surface area (Å²) in [5.41, 5.74) is 4.67. The highest BCUT2D eigenvalue weighted by Crippen LogP contribution is 2.37. The zero-order valence-electron chi connectivity index (χ0n) is 12.9. The lowest BCUT2D eigenvalue weighted by Gasteiger charge is -2.10. The summed E-state index contributed by atoms with van der Waals surface area (Å²) in [6.07, 6.45) is 1.24. The van der Waals surface area contributed by atoms with Crippen LogP contribution in [0.5, 0.6) is 5.88 Å². The first-order valence-electron chi connectivity index (χ1n) is 7.31. The summed E-state index contributed by atoms with van der Waals surface area (Å²) in [6, 6.07) is 7.33. The van der Waals surface area contributed by atoms with E-state index in [0.717, 1.165) is 25.8 Å². The first-order valence-corrected chi connectivity index (χ1v) is 8.39. The number of allylic oxidation sites excluding steroid dienone is 1. The maximum atomic E-state index is 12.4. The third-order valence-corrected chi connectivity index (χ3v) is 4.82. The molecular weight excluding hydrogens is 427 g/mol. The van der Waals surface area contributed by atoms with E-state index in [0.29, 0.717) is 17.9 Å². The number of fused-ring (bicyclic) bond motifs is 1. The third-order valence-electron chi connectivity index (χ3n) is 3.92. The van der Waals surface area contributed by atoms with E-state index in [2.05, 4.69) is 33.7 Å². The number of pyridine rings is 1. The van der Waals surface area contributed by atoms with E-state index in [-0.39, 0.29) is 6.42 Å². The Morgan fingerprint density at radius 1 is 1.38 bits per heavy atom. The first-order chi connectivity index (χ1) is 11.5. The number of benzene rings is 1. The van der Waals surface area contributed by atoms with Gasteiger partial charge in [-0.05, 0) is 57.3 Å². The Morgan fingerprint density at radius 2 is 2.17 bits per heavy atom. The van der Waals surface area contributed by atoms with Gasteiger partial charge in [-0.3, -0.25) is 4.79 Å². The predicted octanol–water partition coefficient (Wildman–Crippen LogP) is 4.17. The van der Waals surface area contributed by atoms with Gasteiger partial charge in [-0.15, -0.1) is 0 Å². The van der Waals surface area contributed by atoms with E-state index in [1.54, 1.807) is 19.4 Å². The Morgan fingerprint density at radius 3 is 2.88 bits per heavy atom. The van der Waals surface area contributed by atoms with E-state index in [1.807, 2.05) is 18.2 Å². The second-order valence-corrected chi connectivity index (χ2v) is 6.66. The van der Waals surface area contributed by atoms with Gasteiger partial charge in [0.05, 0.1) is 12.7 Å². The van der Waals surface area contributed by atoms with Crippen LogP contribution in [-0.2, 0) is 17.6 Å². The van der Waals surface area contributed by atoms with E-state index >= 15 is 0 Å². The third kappa shape index (κ3) is 3.33. The van der Waals surface area contributed by atoms with Crippen LogP contribution >= 0.6 is 22.6 Å². The van der Waals surface area contributed by atoms with Crippen LogP contribution in [0.15, 0.2) is 30.5 Å². The highest BCUT2D eigenvalue weighted by Gasteiger charge is 2.21. The molecule has 0 radical (unpaired) electrons. The van der Waals surface area contributed by atoms with Crippen molar-refractivity contribution in [2.24, 2.45) is 0 Å². The molecule has 0 amide bonds. The van der Waals surface area contributed by atoms with Gasteiger partial charge >= 0.3 is 0 Å². The van der Waals surface area contributed by atoms with Crippen molar-refractivity contribution in [1.82, 2.24) is 4.98 Å². The fourth-order valence-electron chi connectivity index (χ4n) is 2.81. The van der Waals surface area contributed by atoms with Crippen molar-refractivity contribution in [3.05, 3.63) is 56.3 Å². The fraction of sp³-hybridized carbons (Fsp3) is 0.222. The lowest BCUT2D eigenvalue weighted by atomic mass is 10.0. The first kappa shape index (κ1) is 17.0. The molecule has 6 heteroatoms. The van der Waals surface area contributed by atoms with Gasteiger partial charge in [0.15, 0.2) is 0 Å². The van der Waals surface area contributed by atoms with Crippen molar-refractivity contribution < 1.29 is 18.3 Å². The number of Topliss-reactive ketones (excluding diaryl/α,β-unsaturated/α-hetero) is 1. The van der Waals surface area contributed by atoms with Crippen LogP contribution in [0.2, 0.25) is 0 Å². The van der Waals surface area contributed by atoms with E-state index in [4.69, 9.17) is 4.74 Å². The topological polar surface area (TPSA) is 39.2 Å².